The van der Waals surface area contributed by atoms with Crippen LogP contribution in [-0.2, 0) is 9.53 Å². The standard InChI is InChI=1S/C13H16N2O4/c1-18-10-4-3-9(7-14)12(5-10)15-8-11(19-2)6-13(16)17/h3-5,11,15H,6,8H2,1-2H3,(H,16,17). The van der Waals surface area contributed by atoms with E-state index in [1.54, 1.807) is 18.2 Å². The van der Waals surface area contributed by atoms with Gasteiger partial charge in [-0.3, -0.25) is 4.79 Å². The van der Waals surface area contributed by atoms with E-state index in [4.69, 9.17) is 19.8 Å². The first-order valence-corrected chi connectivity index (χ1v) is 5.67. The first-order chi connectivity index (χ1) is 9.10. The predicted octanol–water partition coefficient (Wildman–Crippen LogP) is 1.47. The normalized spacial score (nSPS) is 11.4. The minimum atomic E-state index is -0.931. The lowest BCUT2D eigenvalue weighted by atomic mass is 10.1. The third-order valence-electron chi connectivity index (χ3n) is 2.60. The minimum Gasteiger partial charge on any atom is -0.497 e. The molecule has 0 amide bonds. The second-order valence-electron chi connectivity index (χ2n) is 3.86. The molecule has 6 heteroatoms. The number of anilines is 1. The number of carboxylic acid groups (broad SMARTS) is 1. The van der Waals surface area contributed by atoms with E-state index >= 15 is 0 Å². The molecule has 0 aliphatic carbocycles. The van der Waals surface area contributed by atoms with Crippen LogP contribution < -0.4 is 10.1 Å². The van der Waals surface area contributed by atoms with Crippen LogP contribution in [0, 0.1) is 11.3 Å². The quantitative estimate of drug-likeness (QED) is 0.774. The van der Waals surface area contributed by atoms with Gasteiger partial charge < -0.3 is 19.9 Å². The summed E-state index contributed by atoms with van der Waals surface area (Å²) in [5.74, 6) is -0.312. The molecule has 0 aromatic heterocycles. The number of nitriles is 1. The summed E-state index contributed by atoms with van der Waals surface area (Å²) < 4.78 is 10.1. The Morgan fingerprint density at radius 1 is 1.53 bits per heavy atom. The van der Waals surface area contributed by atoms with Crippen molar-refractivity contribution in [1.29, 1.82) is 5.26 Å². The van der Waals surface area contributed by atoms with Gasteiger partial charge in [-0.2, -0.15) is 5.26 Å². The number of aliphatic carboxylic acids is 1. The maximum atomic E-state index is 10.6. The van der Waals surface area contributed by atoms with Crippen LogP contribution in [0.2, 0.25) is 0 Å². The molecule has 1 aromatic rings. The van der Waals surface area contributed by atoms with Crippen LogP contribution in [0.1, 0.15) is 12.0 Å². The van der Waals surface area contributed by atoms with Crippen molar-refractivity contribution in [1.82, 2.24) is 0 Å². The molecule has 0 saturated carbocycles. The van der Waals surface area contributed by atoms with E-state index < -0.39 is 12.1 Å². The number of rotatable bonds is 7. The number of carboxylic acids is 1. The number of carbonyl (C=O) groups is 1. The van der Waals surface area contributed by atoms with Crippen LogP contribution in [0.5, 0.6) is 5.75 Å². The lowest BCUT2D eigenvalue weighted by Crippen LogP contribution is -2.25. The molecule has 0 radical (unpaired) electrons. The van der Waals surface area contributed by atoms with Gasteiger partial charge in [-0.15, -0.1) is 0 Å². The van der Waals surface area contributed by atoms with Crippen molar-refractivity contribution in [2.75, 3.05) is 26.1 Å². The maximum Gasteiger partial charge on any atom is 0.306 e. The molecule has 0 spiro atoms. The van der Waals surface area contributed by atoms with Crippen molar-refractivity contribution in [3.05, 3.63) is 23.8 Å². The van der Waals surface area contributed by atoms with Crippen LogP contribution in [0.15, 0.2) is 18.2 Å². The summed E-state index contributed by atoms with van der Waals surface area (Å²) in [6.45, 7) is 0.296. The Hall–Kier alpha value is -2.26. The van der Waals surface area contributed by atoms with Crippen LogP contribution in [-0.4, -0.2) is 37.9 Å². The van der Waals surface area contributed by atoms with Gasteiger partial charge in [-0.25, -0.2) is 0 Å². The van der Waals surface area contributed by atoms with Crippen molar-refractivity contribution in [3.8, 4) is 11.8 Å². The highest BCUT2D eigenvalue weighted by Crippen LogP contribution is 2.22. The van der Waals surface area contributed by atoms with E-state index in [0.29, 0.717) is 23.5 Å². The van der Waals surface area contributed by atoms with Crippen molar-refractivity contribution < 1.29 is 19.4 Å². The van der Waals surface area contributed by atoms with Crippen molar-refractivity contribution in [3.63, 3.8) is 0 Å². The van der Waals surface area contributed by atoms with E-state index in [2.05, 4.69) is 11.4 Å². The first-order valence-electron chi connectivity index (χ1n) is 5.67. The molecule has 19 heavy (non-hydrogen) atoms. The van der Waals surface area contributed by atoms with E-state index in [0.717, 1.165) is 0 Å². The fraction of sp³-hybridized carbons (Fsp3) is 0.385. The average molecular weight is 264 g/mol. The molecule has 6 nitrogen and oxygen atoms in total. The molecule has 0 bridgehead atoms. The summed E-state index contributed by atoms with van der Waals surface area (Å²) in [5.41, 5.74) is 1.06. The molecule has 0 aliphatic heterocycles. The number of nitrogens with zero attached hydrogens (tertiary/aromatic N) is 1. The molecular weight excluding hydrogens is 248 g/mol. The molecule has 102 valence electrons. The number of hydrogen-bond acceptors (Lipinski definition) is 5. The van der Waals surface area contributed by atoms with Crippen LogP contribution in [0.3, 0.4) is 0 Å². The number of benzene rings is 1. The fourth-order valence-corrected chi connectivity index (χ4v) is 1.55. The van der Waals surface area contributed by atoms with Crippen molar-refractivity contribution in [2.24, 2.45) is 0 Å². The molecule has 0 saturated heterocycles. The summed E-state index contributed by atoms with van der Waals surface area (Å²) in [5, 5.41) is 20.7. The highest BCUT2D eigenvalue weighted by molar-refractivity contribution is 5.67. The number of hydrogen-bond donors (Lipinski definition) is 2. The molecule has 2 N–H and O–H groups in total. The third kappa shape index (κ3) is 4.48. The van der Waals surface area contributed by atoms with Crippen LogP contribution in [0.4, 0.5) is 5.69 Å². The summed E-state index contributed by atoms with van der Waals surface area (Å²) in [6.07, 6.45) is -0.565. The van der Waals surface area contributed by atoms with Gasteiger partial charge >= 0.3 is 5.97 Å². The van der Waals surface area contributed by atoms with Gasteiger partial charge in [-0.1, -0.05) is 0 Å². The molecule has 1 rings (SSSR count). The summed E-state index contributed by atoms with van der Waals surface area (Å²) in [4.78, 5) is 10.6. The van der Waals surface area contributed by atoms with Gasteiger partial charge in [-0.05, 0) is 12.1 Å². The Bertz CT molecular complexity index is 482. The predicted molar refractivity (Wildman–Crippen MR) is 69.2 cm³/mol. The van der Waals surface area contributed by atoms with Crippen LogP contribution >= 0.6 is 0 Å². The molecule has 0 heterocycles. The molecule has 0 aliphatic rings. The largest absolute Gasteiger partial charge is 0.497 e. The summed E-state index contributed by atoms with van der Waals surface area (Å²) in [7, 11) is 2.99. The highest BCUT2D eigenvalue weighted by atomic mass is 16.5. The zero-order valence-electron chi connectivity index (χ0n) is 10.8. The van der Waals surface area contributed by atoms with Gasteiger partial charge in [0.15, 0.2) is 0 Å². The van der Waals surface area contributed by atoms with Gasteiger partial charge in [0.05, 0.1) is 30.9 Å². The van der Waals surface area contributed by atoms with E-state index in [1.807, 2.05) is 0 Å². The second-order valence-corrected chi connectivity index (χ2v) is 3.86. The molecule has 0 fully saturated rings. The Morgan fingerprint density at radius 3 is 2.79 bits per heavy atom. The molecule has 1 atom stereocenters. The lowest BCUT2D eigenvalue weighted by Gasteiger charge is -2.16. The second kappa shape index (κ2) is 7.24. The summed E-state index contributed by atoms with van der Waals surface area (Å²) >= 11 is 0. The minimum absolute atomic E-state index is 0.102. The zero-order valence-corrected chi connectivity index (χ0v) is 10.8. The smallest absolute Gasteiger partial charge is 0.306 e. The third-order valence-corrected chi connectivity index (χ3v) is 2.60. The average Bonchev–Trinajstić information content (AvgIpc) is 2.42. The maximum absolute atomic E-state index is 10.6. The fourth-order valence-electron chi connectivity index (χ4n) is 1.55. The number of methoxy groups -OCH3 is 2. The Kier molecular flexibility index (Phi) is 5.64. The van der Waals surface area contributed by atoms with E-state index in [-0.39, 0.29) is 6.42 Å². The van der Waals surface area contributed by atoms with E-state index in [9.17, 15) is 4.79 Å². The topological polar surface area (TPSA) is 91.6 Å². The highest BCUT2D eigenvalue weighted by Gasteiger charge is 2.13. The van der Waals surface area contributed by atoms with Gasteiger partial charge in [0.1, 0.15) is 11.8 Å². The SMILES string of the molecule is COc1ccc(C#N)c(NCC(CC(=O)O)OC)c1. The Balaban J connectivity index is 2.75. The molecule has 1 aromatic carbocycles. The van der Waals surface area contributed by atoms with Gasteiger partial charge in [0.25, 0.3) is 0 Å². The summed E-state index contributed by atoms with van der Waals surface area (Å²) in [6, 6.07) is 7.07. The monoisotopic (exact) mass is 264 g/mol. The number of nitrogens with one attached hydrogen (secondary N) is 1. The number of ether oxygens (including phenoxy) is 2. The Morgan fingerprint density at radius 2 is 2.26 bits per heavy atom. The molecular formula is C13H16N2O4. The lowest BCUT2D eigenvalue weighted by molar-refractivity contribution is -0.139. The first kappa shape index (κ1) is 14.8. The Labute approximate surface area is 111 Å². The van der Waals surface area contributed by atoms with E-state index in [1.165, 1.54) is 14.2 Å². The van der Waals surface area contributed by atoms with Crippen molar-refractivity contribution >= 4 is 11.7 Å². The zero-order chi connectivity index (χ0) is 14.3. The van der Waals surface area contributed by atoms with Gasteiger partial charge in [0.2, 0.25) is 0 Å². The van der Waals surface area contributed by atoms with Gasteiger partial charge in [0, 0.05) is 19.7 Å². The van der Waals surface area contributed by atoms with Crippen molar-refractivity contribution in [2.45, 2.75) is 12.5 Å². The van der Waals surface area contributed by atoms with Crippen LogP contribution in [0.25, 0.3) is 0 Å². The molecule has 1 unspecified atom stereocenters.